The second-order valence-corrected chi connectivity index (χ2v) is 7.97. The Balaban J connectivity index is 1.81. The molecule has 132 valence electrons. The highest BCUT2D eigenvalue weighted by atomic mass is 32.2. The minimum atomic E-state index is -3.46. The smallest absolute Gasteiger partial charge is 0.261 e. The molecule has 1 aliphatic rings. The number of carbonyl (C=O) groups is 1. The molecule has 0 radical (unpaired) electrons. The number of nitrogens with zero attached hydrogens (tertiary/aromatic N) is 3. The molecule has 0 unspecified atom stereocenters. The lowest BCUT2D eigenvalue weighted by atomic mass is 10.1. The zero-order valence-electron chi connectivity index (χ0n) is 13.8. The molecule has 1 aromatic carbocycles. The topological polar surface area (TPSA) is 93.4 Å². The molecule has 7 nitrogen and oxygen atoms in total. The van der Waals surface area contributed by atoms with Crippen molar-refractivity contribution in [2.75, 3.05) is 5.75 Å². The van der Waals surface area contributed by atoms with Gasteiger partial charge >= 0.3 is 0 Å². The molecule has 1 aromatic heterocycles. The number of rotatable bonds is 3. The highest BCUT2D eigenvalue weighted by Gasteiger charge is 2.28. The van der Waals surface area contributed by atoms with Crippen molar-refractivity contribution in [1.29, 1.82) is 0 Å². The molecule has 0 saturated carbocycles. The van der Waals surface area contributed by atoms with Gasteiger partial charge in [0.15, 0.2) is 9.84 Å². The standard InChI is InChI=1S/C16H17FN4O3S/c1-10-7-11(2)21(20-10)9-16(22)19-18-14-5-6-25(23,24)15-4-3-12(17)8-13(14)15/h3-4,7-8H,5-6,9H2,1-2H3,(H,19,22)/b18-14-. The first-order valence-corrected chi connectivity index (χ1v) is 9.30. The maximum absolute atomic E-state index is 13.5. The van der Waals surface area contributed by atoms with Gasteiger partial charge < -0.3 is 0 Å². The van der Waals surface area contributed by atoms with E-state index < -0.39 is 21.6 Å². The minimum absolute atomic E-state index is 0.00917. The zero-order chi connectivity index (χ0) is 18.2. The molecule has 0 spiro atoms. The molecule has 25 heavy (non-hydrogen) atoms. The third-order valence-corrected chi connectivity index (χ3v) is 5.68. The number of aromatic nitrogens is 2. The van der Waals surface area contributed by atoms with Crippen LogP contribution in [0.2, 0.25) is 0 Å². The highest BCUT2D eigenvalue weighted by Crippen LogP contribution is 2.26. The Bertz CT molecular complexity index is 979. The number of halogens is 1. The van der Waals surface area contributed by atoms with E-state index in [2.05, 4.69) is 15.6 Å². The van der Waals surface area contributed by atoms with Crippen molar-refractivity contribution in [3.8, 4) is 0 Å². The summed E-state index contributed by atoms with van der Waals surface area (Å²) in [5.74, 6) is -1.08. The van der Waals surface area contributed by atoms with Crippen LogP contribution >= 0.6 is 0 Å². The van der Waals surface area contributed by atoms with Crippen LogP contribution in [0.4, 0.5) is 4.39 Å². The van der Waals surface area contributed by atoms with Gasteiger partial charge in [0.1, 0.15) is 12.4 Å². The number of hydrogen-bond acceptors (Lipinski definition) is 5. The summed E-state index contributed by atoms with van der Waals surface area (Å²) in [7, 11) is -3.46. The number of fused-ring (bicyclic) bond motifs is 1. The summed E-state index contributed by atoms with van der Waals surface area (Å²) in [6, 6.07) is 5.30. The van der Waals surface area contributed by atoms with Crippen LogP contribution in [0.3, 0.4) is 0 Å². The van der Waals surface area contributed by atoms with Crippen LogP contribution in [0, 0.1) is 19.7 Å². The van der Waals surface area contributed by atoms with Crippen LogP contribution in [0.5, 0.6) is 0 Å². The molecule has 3 rings (SSSR count). The first-order chi connectivity index (χ1) is 11.8. The Hall–Kier alpha value is -2.55. The number of sulfone groups is 1. The van der Waals surface area contributed by atoms with Crippen molar-refractivity contribution in [2.45, 2.75) is 31.7 Å². The Labute approximate surface area is 144 Å². The lowest BCUT2D eigenvalue weighted by Gasteiger charge is -2.18. The zero-order valence-corrected chi connectivity index (χ0v) is 14.6. The summed E-state index contributed by atoms with van der Waals surface area (Å²) in [6.07, 6.45) is 0.110. The number of hydrogen-bond donors (Lipinski definition) is 1. The summed E-state index contributed by atoms with van der Waals surface area (Å²) in [5.41, 5.74) is 4.58. The fourth-order valence-electron chi connectivity index (χ4n) is 2.73. The van der Waals surface area contributed by atoms with Crippen LogP contribution in [0.25, 0.3) is 0 Å². The van der Waals surface area contributed by atoms with Gasteiger partial charge in [0, 0.05) is 17.7 Å². The quantitative estimate of drug-likeness (QED) is 0.657. The average Bonchev–Trinajstić information content (AvgIpc) is 2.83. The number of nitrogens with one attached hydrogen (secondary N) is 1. The van der Waals surface area contributed by atoms with Crippen LogP contribution < -0.4 is 5.43 Å². The Morgan fingerprint density at radius 2 is 2.12 bits per heavy atom. The van der Waals surface area contributed by atoms with Gasteiger partial charge in [-0.15, -0.1) is 0 Å². The van der Waals surface area contributed by atoms with E-state index in [4.69, 9.17) is 0 Å². The summed E-state index contributed by atoms with van der Waals surface area (Å²) >= 11 is 0. The Morgan fingerprint density at radius 3 is 2.80 bits per heavy atom. The molecule has 1 N–H and O–H groups in total. The predicted molar refractivity (Wildman–Crippen MR) is 89.5 cm³/mol. The van der Waals surface area contributed by atoms with Crippen molar-refractivity contribution in [2.24, 2.45) is 5.10 Å². The molecule has 0 aliphatic carbocycles. The second-order valence-electron chi connectivity index (χ2n) is 5.89. The second kappa shape index (κ2) is 6.40. The number of hydrazone groups is 1. The van der Waals surface area contributed by atoms with Crippen molar-refractivity contribution >= 4 is 21.5 Å². The van der Waals surface area contributed by atoms with Crippen LogP contribution in [-0.4, -0.2) is 35.6 Å². The van der Waals surface area contributed by atoms with Gasteiger partial charge in [-0.05, 0) is 38.1 Å². The van der Waals surface area contributed by atoms with E-state index in [1.54, 1.807) is 4.68 Å². The number of benzene rings is 1. The van der Waals surface area contributed by atoms with Crippen molar-refractivity contribution in [3.63, 3.8) is 0 Å². The van der Waals surface area contributed by atoms with Gasteiger partial charge in [-0.3, -0.25) is 9.48 Å². The number of aryl methyl sites for hydroxylation is 2. The van der Waals surface area contributed by atoms with E-state index in [0.717, 1.165) is 23.5 Å². The molecular weight excluding hydrogens is 347 g/mol. The van der Waals surface area contributed by atoms with Crippen LogP contribution in [0.15, 0.2) is 34.3 Å². The first-order valence-electron chi connectivity index (χ1n) is 7.65. The summed E-state index contributed by atoms with van der Waals surface area (Å²) in [5, 5.41) is 8.20. The third kappa shape index (κ3) is 3.60. The Morgan fingerprint density at radius 1 is 1.36 bits per heavy atom. The molecule has 2 aromatic rings. The maximum atomic E-state index is 13.5. The molecule has 0 fully saturated rings. The normalized spacial score (nSPS) is 17.3. The van der Waals surface area contributed by atoms with Crippen LogP contribution in [-0.2, 0) is 21.2 Å². The fraction of sp³-hybridized carbons (Fsp3) is 0.312. The molecule has 0 saturated heterocycles. The first kappa shape index (κ1) is 17.3. The predicted octanol–water partition coefficient (Wildman–Crippen LogP) is 1.34. The lowest BCUT2D eigenvalue weighted by Crippen LogP contribution is -2.28. The van der Waals surface area contributed by atoms with Gasteiger partial charge in [0.2, 0.25) is 0 Å². The van der Waals surface area contributed by atoms with Gasteiger partial charge in [0.25, 0.3) is 5.91 Å². The lowest BCUT2D eigenvalue weighted by molar-refractivity contribution is -0.121. The van der Waals surface area contributed by atoms with E-state index in [1.165, 1.54) is 6.07 Å². The fourth-order valence-corrected chi connectivity index (χ4v) is 4.20. The third-order valence-electron chi connectivity index (χ3n) is 3.91. The summed E-state index contributed by atoms with van der Waals surface area (Å²) in [4.78, 5) is 12.1. The van der Waals surface area contributed by atoms with E-state index >= 15 is 0 Å². The monoisotopic (exact) mass is 364 g/mol. The van der Waals surface area contributed by atoms with Gasteiger partial charge in [-0.1, -0.05) is 0 Å². The molecule has 0 bridgehead atoms. The molecule has 1 aliphatic heterocycles. The molecule has 1 amide bonds. The number of amides is 1. The van der Waals surface area contributed by atoms with Crippen molar-refractivity contribution < 1.29 is 17.6 Å². The van der Waals surface area contributed by atoms with Crippen molar-refractivity contribution in [1.82, 2.24) is 15.2 Å². The van der Waals surface area contributed by atoms with E-state index in [-0.39, 0.29) is 29.2 Å². The van der Waals surface area contributed by atoms with E-state index in [1.807, 2.05) is 19.9 Å². The molecular formula is C16H17FN4O3S. The SMILES string of the molecule is Cc1cc(C)n(CC(=O)N/N=C2/CCS(=O)(=O)c3ccc(F)cc32)n1. The van der Waals surface area contributed by atoms with Gasteiger partial charge in [-0.25, -0.2) is 18.2 Å². The number of carbonyl (C=O) groups excluding carboxylic acids is 1. The van der Waals surface area contributed by atoms with E-state index in [0.29, 0.717) is 5.71 Å². The van der Waals surface area contributed by atoms with E-state index in [9.17, 15) is 17.6 Å². The molecule has 0 atom stereocenters. The summed E-state index contributed by atoms with van der Waals surface area (Å²) in [6.45, 7) is 3.66. The van der Waals surface area contributed by atoms with Crippen molar-refractivity contribution in [3.05, 3.63) is 47.0 Å². The molecule has 9 heteroatoms. The Kier molecular flexibility index (Phi) is 4.42. The minimum Gasteiger partial charge on any atom is -0.271 e. The average molecular weight is 364 g/mol. The van der Waals surface area contributed by atoms with Gasteiger partial charge in [-0.2, -0.15) is 10.2 Å². The van der Waals surface area contributed by atoms with Gasteiger partial charge in [0.05, 0.1) is 22.1 Å². The van der Waals surface area contributed by atoms with Crippen LogP contribution in [0.1, 0.15) is 23.4 Å². The highest BCUT2D eigenvalue weighted by molar-refractivity contribution is 7.91. The maximum Gasteiger partial charge on any atom is 0.261 e. The summed E-state index contributed by atoms with van der Waals surface area (Å²) < 4.78 is 39.2. The largest absolute Gasteiger partial charge is 0.271 e. The molecule has 2 heterocycles.